The molecule has 1 aromatic heterocycles. The molecule has 2 rings (SSSR count). The van der Waals surface area contributed by atoms with Crippen molar-refractivity contribution in [3.05, 3.63) is 33.1 Å². The van der Waals surface area contributed by atoms with Crippen molar-refractivity contribution in [3.8, 4) is 0 Å². The van der Waals surface area contributed by atoms with Gasteiger partial charge in [0, 0.05) is 12.3 Å². The minimum Gasteiger partial charge on any atom is -0.394 e. The fourth-order valence-corrected chi connectivity index (χ4v) is 2.43. The maximum Gasteiger partial charge on any atom is 0.330 e. The number of nitrogens with zero attached hydrogens (tertiary/aromatic N) is 1. The molecule has 0 bridgehead atoms. The molecule has 1 aromatic rings. The predicted octanol–water partition coefficient (Wildman–Crippen LogP) is -1.45. The number of alkyl halides is 1. The summed E-state index contributed by atoms with van der Waals surface area (Å²) in [7, 11) is 0. The fraction of sp³-hybridized carbons (Fsp3) is 0.556. The molecule has 4 atom stereocenters. The van der Waals surface area contributed by atoms with E-state index in [0.29, 0.717) is 0 Å². The number of aliphatic hydroxyl groups is 2. The van der Waals surface area contributed by atoms with E-state index in [9.17, 15) is 14.7 Å². The van der Waals surface area contributed by atoms with Crippen molar-refractivity contribution in [1.29, 1.82) is 0 Å². The Hall–Kier alpha value is -0.960. The van der Waals surface area contributed by atoms with Gasteiger partial charge in [-0.1, -0.05) is 15.9 Å². The number of aromatic nitrogens is 2. The Labute approximate surface area is 104 Å². The zero-order valence-electron chi connectivity index (χ0n) is 8.62. The Balaban J connectivity index is 2.35. The molecule has 7 nitrogen and oxygen atoms in total. The van der Waals surface area contributed by atoms with E-state index < -0.39 is 34.5 Å². The number of H-pyrrole nitrogens is 1. The highest BCUT2D eigenvalue weighted by atomic mass is 79.9. The predicted molar refractivity (Wildman–Crippen MR) is 61.0 cm³/mol. The molecule has 0 spiro atoms. The van der Waals surface area contributed by atoms with Crippen LogP contribution in [0.25, 0.3) is 0 Å². The molecule has 0 aliphatic carbocycles. The zero-order chi connectivity index (χ0) is 12.6. The summed E-state index contributed by atoms with van der Waals surface area (Å²) in [4.78, 5) is 24.0. The highest BCUT2D eigenvalue weighted by Crippen LogP contribution is 2.33. The van der Waals surface area contributed by atoms with Gasteiger partial charge in [-0.3, -0.25) is 14.3 Å². The molecule has 17 heavy (non-hydrogen) atoms. The molecule has 1 aliphatic heterocycles. The van der Waals surface area contributed by atoms with Gasteiger partial charge >= 0.3 is 5.69 Å². The molecular weight excluding hydrogens is 296 g/mol. The van der Waals surface area contributed by atoms with E-state index in [0.717, 1.165) is 4.57 Å². The Kier molecular flexibility index (Phi) is 3.48. The average molecular weight is 307 g/mol. The second-order valence-corrected chi connectivity index (χ2v) is 4.76. The van der Waals surface area contributed by atoms with E-state index in [2.05, 4.69) is 20.9 Å². The van der Waals surface area contributed by atoms with Crippen LogP contribution in [0.1, 0.15) is 6.23 Å². The van der Waals surface area contributed by atoms with E-state index in [-0.39, 0.29) is 6.61 Å². The van der Waals surface area contributed by atoms with Crippen LogP contribution in [0.15, 0.2) is 21.9 Å². The van der Waals surface area contributed by atoms with E-state index in [1.165, 1.54) is 12.3 Å². The van der Waals surface area contributed by atoms with Crippen LogP contribution in [0.5, 0.6) is 0 Å². The lowest BCUT2D eigenvalue weighted by molar-refractivity contribution is -0.0456. The van der Waals surface area contributed by atoms with Crippen LogP contribution in [0.2, 0.25) is 0 Å². The van der Waals surface area contributed by atoms with Crippen molar-refractivity contribution in [2.75, 3.05) is 6.61 Å². The third-order valence-electron chi connectivity index (χ3n) is 2.60. The van der Waals surface area contributed by atoms with Crippen molar-refractivity contribution in [3.63, 3.8) is 0 Å². The summed E-state index contributed by atoms with van der Waals surface area (Å²) in [6.45, 7) is -0.349. The summed E-state index contributed by atoms with van der Waals surface area (Å²) in [6.07, 6.45) is -1.18. The third-order valence-corrected chi connectivity index (χ3v) is 3.59. The van der Waals surface area contributed by atoms with Crippen LogP contribution >= 0.6 is 15.9 Å². The summed E-state index contributed by atoms with van der Waals surface area (Å²) in [5.74, 6) is 0. The average Bonchev–Trinajstić information content (AvgIpc) is 2.57. The fourth-order valence-electron chi connectivity index (χ4n) is 1.71. The van der Waals surface area contributed by atoms with E-state index in [1.807, 2.05) is 0 Å². The van der Waals surface area contributed by atoms with Gasteiger partial charge in [-0.15, -0.1) is 0 Å². The molecule has 0 saturated carbocycles. The van der Waals surface area contributed by atoms with Gasteiger partial charge in [-0.2, -0.15) is 0 Å². The molecule has 0 radical (unpaired) electrons. The van der Waals surface area contributed by atoms with Crippen LogP contribution in [0, 0.1) is 0 Å². The van der Waals surface area contributed by atoms with Crippen molar-refractivity contribution in [2.24, 2.45) is 0 Å². The molecule has 3 N–H and O–H groups in total. The maximum absolute atomic E-state index is 11.5. The minimum absolute atomic E-state index is 0.349. The number of rotatable bonds is 2. The van der Waals surface area contributed by atoms with Crippen LogP contribution in [-0.2, 0) is 4.74 Å². The first kappa shape index (κ1) is 12.5. The Morgan fingerprint density at radius 3 is 2.76 bits per heavy atom. The quantitative estimate of drug-likeness (QED) is 0.580. The first-order valence-corrected chi connectivity index (χ1v) is 5.86. The lowest BCUT2D eigenvalue weighted by atomic mass is 10.2. The Morgan fingerprint density at radius 2 is 2.24 bits per heavy atom. The van der Waals surface area contributed by atoms with Gasteiger partial charge in [-0.25, -0.2) is 4.79 Å². The molecule has 0 amide bonds. The highest BCUT2D eigenvalue weighted by Gasteiger charge is 2.43. The number of hydrogen-bond acceptors (Lipinski definition) is 5. The van der Waals surface area contributed by atoms with Gasteiger partial charge in [0.15, 0.2) is 6.23 Å². The Bertz CT molecular complexity index is 513. The number of nitrogens with one attached hydrogen (secondary N) is 1. The van der Waals surface area contributed by atoms with Gasteiger partial charge in [0.2, 0.25) is 0 Å². The van der Waals surface area contributed by atoms with E-state index in [1.54, 1.807) is 0 Å². The van der Waals surface area contributed by atoms with Gasteiger partial charge in [-0.05, 0) is 0 Å². The van der Waals surface area contributed by atoms with Gasteiger partial charge < -0.3 is 14.9 Å². The smallest absolute Gasteiger partial charge is 0.330 e. The molecule has 8 heteroatoms. The summed E-state index contributed by atoms with van der Waals surface area (Å²) in [6, 6.07) is 1.18. The minimum atomic E-state index is -0.927. The van der Waals surface area contributed by atoms with E-state index >= 15 is 0 Å². The molecule has 1 fully saturated rings. The second kappa shape index (κ2) is 4.73. The van der Waals surface area contributed by atoms with Crippen molar-refractivity contribution >= 4 is 15.9 Å². The number of aromatic amines is 1. The van der Waals surface area contributed by atoms with Gasteiger partial charge in [0.05, 0.1) is 17.5 Å². The van der Waals surface area contributed by atoms with Crippen LogP contribution in [-0.4, -0.2) is 43.4 Å². The lowest BCUT2D eigenvalue weighted by Crippen LogP contribution is -2.35. The third kappa shape index (κ3) is 2.21. The number of hydrogen-bond donors (Lipinski definition) is 3. The van der Waals surface area contributed by atoms with Crippen molar-refractivity contribution < 1.29 is 14.9 Å². The van der Waals surface area contributed by atoms with Crippen molar-refractivity contribution in [2.45, 2.75) is 23.3 Å². The highest BCUT2D eigenvalue weighted by molar-refractivity contribution is 9.09. The van der Waals surface area contributed by atoms with Crippen molar-refractivity contribution in [1.82, 2.24) is 9.55 Å². The monoisotopic (exact) mass is 306 g/mol. The Morgan fingerprint density at radius 1 is 1.53 bits per heavy atom. The topological polar surface area (TPSA) is 105 Å². The lowest BCUT2D eigenvalue weighted by Gasteiger charge is -2.16. The van der Waals surface area contributed by atoms with Crippen LogP contribution in [0.3, 0.4) is 0 Å². The largest absolute Gasteiger partial charge is 0.394 e. The summed E-state index contributed by atoms with van der Waals surface area (Å²) in [5, 5.41) is 18.7. The zero-order valence-corrected chi connectivity index (χ0v) is 10.2. The molecule has 2 heterocycles. The SMILES string of the molecule is O=c1ccn([C@@H]2O[C@@H](CO)[C@@H](O)[C@@H]2Br)c(=O)[nH]1. The van der Waals surface area contributed by atoms with E-state index in [4.69, 9.17) is 9.84 Å². The maximum atomic E-state index is 11.5. The first-order valence-electron chi connectivity index (χ1n) is 4.94. The number of halogens is 1. The van der Waals surface area contributed by atoms with Crippen LogP contribution in [0.4, 0.5) is 0 Å². The normalized spacial score (nSPS) is 32.9. The molecular formula is C9H11BrN2O5. The molecule has 0 unspecified atom stereocenters. The second-order valence-electron chi connectivity index (χ2n) is 3.70. The van der Waals surface area contributed by atoms with Gasteiger partial charge in [0.25, 0.3) is 5.56 Å². The molecule has 1 saturated heterocycles. The van der Waals surface area contributed by atoms with Gasteiger partial charge in [0.1, 0.15) is 6.10 Å². The number of aliphatic hydroxyl groups excluding tert-OH is 2. The molecule has 1 aliphatic rings. The van der Waals surface area contributed by atoms with Crippen LogP contribution < -0.4 is 11.2 Å². The molecule has 94 valence electrons. The number of ether oxygens (including phenoxy) is 1. The summed E-state index contributed by atoms with van der Waals surface area (Å²) < 4.78 is 6.49. The first-order chi connectivity index (χ1) is 8.04. The summed E-state index contributed by atoms with van der Waals surface area (Å²) >= 11 is 3.20. The standard InChI is InChI=1S/C9H11BrN2O5/c10-6-7(15)4(3-13)17-8(6)12-2-1-5(14)11-9(12)16/h1-2,4,6-8,13,15H,3H2,(H,11,14,16)/t4-,6-,7+,8+/m0/s1. The summed E-state index contributed by atoms with van der Waals surface area (Å²) in [5.41, 5.74) is -1.13. The molecule has 0 aromatic carbocycles.